The van der Waals surface area contributed by atoms with Gasteiger partial charge in [-0.25, -0.2) is 0 Å². The summed E-state index contributed by atoms with van der Waals surface area (Å²) in [6, 6.07) is 6.19. The van der Waals surface area contributed by atoms with Crippen molar-refractivity contribution in [2.24, 2.45) is 7.05 Å². The zero-order valence-electron chi connectivity index (χ0n) is 14.5. The van der Waals surface area contributed by atoms with Crippen molar-refractivity contribution >= 4 is 5.91 Å². The summed E-state index contributed by atoms with van der Waals surface area (Å²) < 4.78 is 13.1. The number of hydrogen-bond acceptors (Lipinski definition) is 4. The lowest BCUT2D eigenvalue weighted by molar-refractivity contribution is -0.132. The first-order valence-corrected chi connectivity index (χ1v) is 8.87. The molecule has 1 atom stereocenters. The lowest BCUT2D eigenvalue weighted by Gasteiger charge is -2.26. The van der Waals surface area contributed by atoms with Crippen molar-refractivity contribution in [2.75, 3.05) is 19.8 Å². The maximum absolute atomic E-state index is 12.7. The van der Waals surface area contributed by atoms with Crippen LogP contribution in [0.2, 0.25) is 0 Å². The van der Waals surface area contributed by atoms with Gasteiger partial charge in [0.2, 0.25) is 5.91 Å². The summed E-state index contributed by atoms with van der Waals surface area (Å²) in [6.45, 7) is 1.99. The maximum atomic E-state index is 12.7. The number of fused-ring (bicyclic) bond motifs is 1. The van der Waals surface area contributed by atoms with Gasteiger partial charge in [0.05, 0.1) is 12.2 Å². The van der Waals surface area contributed by atoms with Crippen LogP contribution in [0.5, 0.6) is 11.5 Å². The van der Waals surface area contributed by atoms with Crippen molar-refractivity contribution in [3.8, 4) is 11.5 Å². The third kappa shape index (κ3) is 3.34. The SMILES string of the molecule is Cn1cc(CCC(=O)N2CCC[C@@H]2c2ccc3c(c2)OCCO3)cn1. The Hall–Kier alpha value is -2.50. The molecule has 1 amide bonds. The number of aryl methyl sites for hydroxylation is 2. The molecule has 0 saturated carbocycles. The minimum Gasteiger partial charge on any atom is -0.486 e. The first kappa shape index (κ1) is 16.0. The molecule has 6 nitrogen and oxygen atoms in total. The van der Waals surface area contributed by atoms with E-state index < -0.39 is 0 Å². The van der Waals surface area contributed by atoms with Gasteiger partial charge in [-0.1, -0.05) is 6.07 Å². The molecule has 2 aromatic rings. The zero-order valence-corrected chi connectivity index (χ0v) is 14.5. The number of nitrogens with zero attached hydrogens (tertiary/aromatic N) is 3. The predicted molar refractivity (Wildman–Crippen MR) is 92.6 cm³/mol. The van der Waals surface area contributed by atoms with Gasteiger partial charge in [0.25, 0.3) is 0 Å². The second-order valence-corrected chi connectivity index (χ2v) is 6.67. The second kappa shape index (κ2) is 6.78. The molecular formula is C19H23N3O3. The van der Waals surface area contributed by atoms with Crippen molar-refractivity contribution in [3.05, 3.63) is 41.7 Å². The molecule has 0 spiro atoms. The first-order chi connectivity index (χ1) is 12.2. The van der Waals surface area contributed by atoms with Gasteiger partial charge in [-0.05, 0) is 42.5 Å². The third-order valence-electron chi connectivity index (χ3n) is 4.91. The van der Waals surface area contributed by atoms with E-state index in [1.807, 2.05) is 36.5 Å². The van der Waals surface area contributed by atoms with Crippen LogP contribution < -0.4 is 9.47 Å². The Balaban J connectivity index is 1.45. The fraction of sp³-hybridized carbons (Fsp3) is 0.474. The molecule has 0 bridgehead atoms. The Labute approximate surface area is 147 Å². The summed E-state index contributed by atoms with van der Waals surface area (Å²) in [5.41, 5.74) is 2.24. The lowest BCUT2D eigenvalue weighted by atomic mass is 10.0. The highest BCUT2D eigenvalue weighted by Crippen LogP contribution is 2.38. The average Bonchev–Trinajstić information content (AvgIpc) is 3.28. The number of likely N-dealkylation sites (tertiary alicyclic amines) is 1. The standard InChI is InChI=1S/C19H23N3O3/c1-21-13-14(12-20-21)4-7-19(23)22-8-2-3-16(22)15-5-6-17-18(11-15)25-10-9-24-17/h5-6,11-13,16H,2-4,7-10H2,1H3/t16-/m1/s1. The van der Waals surface area contributed by atoms with E-state index in [0.717, 1.165) is 48.4 Å². The molecule has 1 fully saturated rings. The normalized spacial score (nSPS) is 19.2. The molecule has 0 aliphatic carbocycles. The first-order valence-electron chi connectivity index (χ1n) is 8.87. The number of carbonyl (C=O) groups is 1. The van der Waals surface area contributed by atoms with E-state index in [1.54, 1.807) is 4.68 Å². The van der Waals surface area contributed by atoms with E-state index in [4.69, 9.17) is 9.47 Å². The molecule has 25 heavy (non-hydrogen) atoms. The monoisotopic (exact) mass is 341 g/mol. The van der Waals surface area contributed by atoms with Gasteiger partial charge in [-0.15, -0.1) is 0 Å². The van der Waals surface area contributed by atoms with E-state index in [9.17, 15) is 4.79 Å². The molecule has 0 N–H and O–H groups in total. The molecular weight excluding hydrogens is 318 g/mol. The van der Waals surface area contributed by atoms with Crippen LogP contribution in [0.4, 0.5) is 0 Å². The van der Waals surface area contributed by atoms with Gasteiger partial charge in [0.1, 0.15) is 13.2 Å². The van der Waals surface area contributed by atoms with E-state index in [0.29, 0.717) is 19.6 Å². The van der Waals surface area contributed by atoms with Crippen molar-refractivity contribution in [1.82, 2.24) is 14.7 Å². The van der Waals surface area contributed by atoms with Crippen LogP contribution in [-0.4, -0.2) is 40.3 Å². The Morgan fingerprint density at radius 2 is 2.12 bits per heavy atom. The van der Waals surface area contributed by atoms with E-state index in [-0.39, 0.29) is 11.9 Å². The molecule has 2 aliphatic rings. The average molecular weight is 341 g/mol. The van der Waals surface area contributed by atoms with E-state index in [1.165, 1.54) is 0 Å². The molecule has 0 radical (unpaired) electrons. The topological polar surface area (TPSA) is 56.6 Å². The summed E-state index contributed by atoms with van der Waals surface area (Å²) in [4.78, 5) is 14.8. The summed E-state index contributed by atoms with van der Waals surface area (Å²) in [5.74, 6) is 1.79. The fourth-order valence-electron chi connectivity index (χ4n) is 3.67. The van der Waals surface area contributed by atoms with Gasteiger partial charge in [0, 0.05) is 26.2 Å². The van der Waals surface area contributed by atoms with Crippen molar-refractivity contribution in [1.29, 1.82) is 0 Å². The Morgan fingerprint density at radius 3 is 2.92 bits per heavy atom. The molecule has 2 aliphatic heterocycles. The van der Waals surface area contributed by atoms with Crippen LogP contribution in [0.3, 0.4) is 0 Å². The number of aromatic nitrogens is 2. The molecule has 0 unspecified atom stereocenters. The number of rotatable bonds is 4. The van der Waals surface area contributed by atoms with E-state index in [2.05, 4.69) is 11.2 Å². The van der Waals surface area contributed by atoms with Gasteiger partial charge < -0.3 is 14.4 Å². The number of amides is 1. The molecule has 3 heterocycles. The van der Waals surface area contributed by atoms with Crippen molar-refractivity contribution in [2.45, 2.75) is 31.7 Å². The second-order valence-electron chi connectivity index (χ2n) is 6.67. The lowest BCUT2D eigenvalue weighted by Crippen LogP contribution is -2.30. The molecule has 132 valence electrons. The van der Waals surface area contributed by atoms with Crippen LogP contribution in [-0.2, 0) is 18.3 Å². The van der Waals surface area contributed by atoms with Crippen LogP contribution in [0, 0.1) is 0 Å². The van der Waals surface area contributed by atoms with Crippen molar-refractivity contribution in [3.63, 3.8) is 0 Å². The number of ether oxygens (including phenoxy) is 2. The molecule has 4 rings (SSSR count). The summed E-state index contributed by atoms with van der Waals surface area (Å²) in [6.07, 6.45) is 7.09. The maximum Gasteiger partial charge on any atom is 0.223 e. The highest BCUT2D eigenvalue weighted by Gasteiger charge is 2.30. The number of hydrogen-bond donors (Lipinski definition) is 0. The van der Waals surface area contributed by atoms with Crippen LogP contribution in [0.25, 0.3) is 0 Å². The minimum absolute atomic E-state index is 0.136. The fourth-order valence-corrected chi connectivity index (χ4v) is 3.67. The molecule has 1 saturated heterocycles. The molecule has 1 aromatic heterocycles. The minimum atomic E-state index is 0.136. The quantitative estimate of drug-likeness (QED) is 0.857. The van der Waals surface area contributed by atoms with Gasteiger partial charge in [0.15, 0.2) is 11.5 Å². The van der Waals surface area contributed by atoms with Crippen LogP contribution in [0.15, 0.2) is 30.6 Å². The highest BCUT2D eigenvalue weighted by molar-refractivity contribution is 5.77. The predicted octanol–water partition coefficient (Wildman–Crippen LogP) is 2.49. The number of carbonyl (C=O) groups excluding carboxylic acids is 1. The van der Waals surface area contributed by atoms with Gasteiger partial charge in [-0.3, -0.25) is 9.48 Å². The molecule has 6 heteroatoms. The Kier molecular flexibility index (Phi) is 4.34. The summed E-state index contributed by atoms with van der Waals surface area (Å²) in [7, 11) is 1.89. The van der Waals surface area contributed by atoms with Crippen LogP contribution >= 0.6 is 0 Å². The summed E-state index contributed by atoms with van der Waals surface area (Å²) in [5, 5.41) is 4.16. The number of benzene rings is 1. The smallest absolute Gasteiger partial charge is 0.223 e. The largest absolute Gasteiger partial charge is 0.486 e. The van der Waals surface area contributed by atoms with Crippen LogP contribution in [0.1, 0.15) is 36.4 Å². The highest BCUT2D eigenvalue weighted by atomic mass is 16.6. The Morgan fingerprint density at radius 1 is 1.28 bits per heavy atom. The zero-order chi connectivity index (χ0) is 17.2. The third-order valence-corrected chi connectivity index (χ3v) is 4.91. The van der Waals surface area contributed by atoms with E-state index >= 15 is 0 Å². The Bertz CT molecular complexity index is 771. The molecule has 1 aromatic carbocycles. The summed E-state index contributed by atoms with van der Waals surface area (Å²) >= 11 is 0. The van der Waals surface area contributed by atoms with Crippen molar-refractivity contribution < 1.29 is 14.3 Å². The van der Waals surface area contributed by atoms with Gasteiger partial charge in [-0.2, -0.15) is 5.10 Å². The van der Waals surface area contributed by atoms with Gasteiger partial charge >= 0.3 is 0 Å².